The first-order chi connectivity index (χ1) is 13.9. The average Bonchev–Trinajstić information content (AvgIpc) is 2.68. The maximum atomic E-state index is 4.83. The standard InChI is InChI=1S/C27H32N2/c1-18(2)23-14-10-15-24(19(3)4)27(23)29-25-16-8-7-13-22(25)17-28-26-20(5)11-9-12-21(26)6/h7-19,29H,1-6H3. The van der Waals surface area contributed by atoms with Crippen molar-refractivity contribution in [2.24, 2.45) is 4.99 Å². The molecule has 0 aromatic heterocycles. The van der Waals surface area contributed by atoms with E-state index >= 15 is 0 Å². The third-order valence-electron chi connectivity index (χ3n) is 5.37. The molecule has 0 heterocycles. The van der Waals surface area contributed by atoms with Gasteiger partial charge in [-0.3, -0.25) is 4.99 Å². The zero-order valence-corrected chi connectivity index (χ0v) is 18.5. The third kappa shape index (κ3) is 4.76. The molecule has 150 valence electrons. The van der Waals surface area contributed by atoms with E-state index in [-0.39, 0.29) is 0 Å². The lowest BCUT2D eigenvalue weighted by atomic mass is 9.92. The minimum absolute atomic E-state index is 0.451. The average molecular weight is 385 g/mol. The van der Waals surface area contributed by atoms with Crippen LogP contribution in [0.2, 0.25) is 0 Å². The van der Waals surface area contributed by atoms with Crippen LogP contribution in [0.1, 0.15) is 67.3 Å². The quantitative estimate of drug-likeness (QED) is 0.427. The molecule has 29 heavy (non-hydrogen) atoms. The molecule has 3 aromatic rings. The van der Waals surface area contributed by atoms with Crippen LogP contribution < -0.4 is 5.32 Å². The third-order valence-corrected chi connectivity index (χ3v) is 5.37. The van der Waals surface area contributed by atoms with E-state index in [1.807, 2.05) is 6.21 Å². The molecule has 2 heteroatoms. The van der Waals surface area contributed by atoms with Gasteiger partial charge >= 0.3 is 0 Å². The summed E-state index contributed by atoms with van der Waals surface area (Å²) in [6, 6.07) is 21.3. The molecule has 0 saturated heterocycles. The normalized spacial score (nSPS) is 11.6. The van der Waals surface area contributed by atoms with Gasteiger partial charge in [0.05, 0.1) is 5.69 Å². The van der Waals surface area contributed by atoms with E-state index in [2.05, 4.69) is 108 Å². The van der Waals surface area contributed by atoms with Crippen molar-refractivity contribution in [3.05, 3.63) is 88.5 Å². The number of aliphatic imine (C=N–C) groups is 1. The van der Waals surface area contributed by atoms with Crippen LogP contribution in [0.5, 0.6) is 0 Å². The number of aryl methyl sites for hydroxylation is 2. The zero-order valence-electron chi connectivity index (χ0n) is 18.5. The fourth-order valence-electron chi connectivity index (χ4n) is 3.70. The van der Waals surface area contributed by atoms with E-state index < -0.39 is 0 Å². The molecule has 2 nitrogen and oxygen atoms in total. The molecule has 0 saturated carbocycles. The van der Waals surface area contributed by atoms with Gasteiger partial charge in [-0.05, 0) is 54.0 Å². The lowest BCUT2D eigenvalue weighted by Gasteiger charge is -2.21. The number of anilines is 2. The monoisotopic (exact) mass is 384 g/mol. The summed E-state index contributed by atoms with van der Waals surface area (Å²) in [4.78, 5) is 4.83. The van der Waals surface area contributed by atoms with E-state index in [1.54, 1.807) is 0 Å². The van der Waals surface area contributed by atoms with E-state index in [4.69, 9.17) is 4.99 Å². The number of hydrogen-bond donors (Lipinski definition) is 1. The van der Waals surface area contributed by atoms with Crippen molar-refractivity contribution in [1.29, 1.82) is 0 Å². The van der Waals surface area contributed by atoms with Gasteiger partial charge in [-0.2, -0.15) is 0 Å². The van der Waals surface area contributed by atoms with Crippen LogP contribution in [0, 0.1) is 13.8 Å². The van der Waals surface area contributed by atoms with Gasteiger partial charge in [-0.1, -0.05) is 82.3 Å². The Morgan fingerprint density at radius 2 is 1.28 bits per heavy atom. The summed E-state index contributed by atoms with van der Waals surface area (Å²) in [7, 11) is 0. The summed E-state index contributed by atoms with van der Waals surface area (Å²) in [6.45, 7) is 13.2. The SMILES string of the molecule is Cc1cccc(C)c1N=Cc1ccccc1Nc1c(C(C)C)cccc1C(C)C. The van der Waals surface area contributed by atoms with Crippen molar-refractivity contribution < 1.29 is 0 Å². The Balaban J connectivity index is 2.02. The Labute approximate surface area is 175 Å². The summed E-state index contributed by atoms with van der Waals surface area (Å²) in [5, 5.41) is 3.75. The molecule has 3 aromatic carbocycles. The van der Waals surface area contributed by atoms with E-state index in [0.29, 0.717) is 11.8 Å². The highest BCUT2D eigenvalue weighted by Gasteiger charge is 2.14. The molecule has 0 aliphatic carbocycles. The van der Waals surface area contributed by atoms with Crippen molar-refractivity contribution in [2.45, 2.75) is 53.4 Å². The second kappa shape index (κ2) is 9.09. The van der Waals surface area contributed by atoms with Gasteiger partial charge in [0.25, 0.3) is 0 Å². The van der Waals surface area contributed by atoms with Gasteiger partial charge in [-0.15, -0.1) is 0 Å². The molecule has 0 amide bonds. The van der Waals surface area contributed by atoms with Crippen molar-refractivity contribution in [2.75, 3.05) is 5.32 Å². The molecule has 0 aliphatic heterocycles. The molecule has 0 unspecified atom stereocenters. The van der Waals surface area contributed by atoms with Gasteiger partial charge in [-0.25, -0.2) is 0 Å². The highest BCUT2D eigenvalue weighted by molar-refractivity contribution is 5.91. The lowest BCUT2D eigenvalue weighted by molar-refractivity contribution is 0.838. The van der Waals surface area contributed by atoms with Crippen LogP contribution in [0.25, 0.3) is 0 Å². The number of benzene rings is 3. The molecular formula is C27H32N2. The van der Waals surface area contributed by atoms with Gasteiger partial charge in [0, 0.05) is 23.2 Å². The molecule has 1 N–H and O–H groups in total. The molecular weight excluding hydrogens is 352 g/mol. The van der Waals surface area contributed by atoms with Crippen molar-refractivity contribution in [3.63, 3.8) is 0 Å². The minimum Gasteiger partial charge on any atom is -0.355 e. The second-order valence-electron chi connectivity index (χ2n) is 8.33. The summed E-state index contributed by atoms with van der Waals surface area (Å²) >= 11 is 0. The highest BCUT2D eigenvalue weighted by atomic mass is 14.9. The topological polar surface area (TPSA) is 24.4 Å². The molecule has 0 spiro atoms. The Hall–Kier alpha value is -2.87. The highest BCUT2D eigenvalue weighted by Crippen LogP contribution is 2.35. The van der Waals surface area contributed by atoms with E-state index in [9.17, 15) is 0 Å². The largest absolute Gasteiger partial charge is 0.355 e. The van der Waals surface area contributed by atoms with E-state index in [0.717, 1.165) is 16.9 Å². The van der Waals surface area contributed by atoms with Crippen molar-refractivity contribution in [3.8, 4) is 0 Å². The van der Waals surface area contributed by atoms with Gasteiger partial charge in [0.2, 0.25) is 0 Å². The number of nitrogens with zero attached hydrogens (tertiary/aromatic N) is 1. The number of rotatable bonds is 6. The number of para-hydroxylation sites is 3. The smallest absolute Gasteiger partial charge is 0.0688 e. The summed E-state index contributed by atoms with van der Waals surface area (Å²) in [5.41, 5.74) is 9.52. The van der Waals surface area contributed by atoms with Crippen LogP contribution in [-0.2, 0) is 0 Å². The Bertz CT molecular complexity index is 966. The Morgan fingerprint density at radius 1 is 0.724 bits per heavy atom. The van der Waals surface area contributed by atoms with Crippen LogP contribution in [-0.4, -0.2) is 6.21 Å². The first kappa shape index (κ1) is 20.9. The fraction of sp³-hybridized carbons (Fsp3) is 0.296. The first-order valence-electron chi connectivity index (χ1n) is 10.5. The Morgan fingerprint density at radius 3 is 1.86 bits per heavy atom. The summed E-state index contributed by atoms with van der Waals surface area (Å²) in [5.74, 6) is 0.901. The maximum Gasteiger partial charge on any atom is 0.0688 e. The predicted molar refractivity (Wildman–Crippen MR) is 128 cm³/mol. The van der Waals surface area contributed by atoms with Crippen LogP contribution in [0.3, 0.4) is 0 Å². The van der Waals surface area contributed by atoms with Crippen LogP contribution in [0.15, 0.2) is 65.7 Å². The van der Waals surface area contributed by atoms with Gasteiger partial charge in [0.1, 0.15) is 0 Å². The number of hydrogen-bond acceptors (Lipinski definition) is 2. The lowest BCUT2D eigenvalue weighted by Crippen LogP contribution is -2.05. The summed E-state index contributed by atoms with van der Waals surface area (Å²) in [6.07, 6.45) is 1.98. The minimum atomic E-state index is 0.451. The van der Waals surface area contributed by atoms with Gasteiger partial charge < -0.3 is 5.32 Å². The van der Waals surface area contributed by atoms with E-state index in [1.165, 1.54) is 27.9 Å². The fourth-order valence-corrected chi connectivity index (χ4v) is 3.70. The summed E-state index contributed by atoms with van der Waals surface area (Å²) < 4.78 is 0. The molecule has 3 rings (SSSR count). The predicted octanol–water partition coefficient (Wildman–Crippen LogP) is 8.04. The van der Waals surface area contributed by atoms with Crippen molar-refractivity contribution >= 4 is 23.3 Å². The molecule has 0 aliphatic rings. The second-order valence-corrected chi connectivity index (χ2v) is 8.33. The zero-order chi connectivity index (χ0) is 21.0. The number of nitrogens with one attached hydrogen (secondary N) is 1. The van der Waals surface area contributed by atoms with Crippen LogP contribution >= 0.6 is 0 Å². The first-order valence-corrected chi connectivity index (χ1v) is 10.5. The van der Waals surface area contributed by atoms with Crippen LogP contribution in [0.4, 0.5) is 17.1 Å². The molecule has 0 bridgehead atoms. The molecule has 0 radical (unpaired) electrons. The van der Waals surface area contributed by atoms with Gasteiger partial charge in [0.15, 0.2) is 0 Å². The Kier molecular flexibility index (Phi) is 6.53. The molecule has 0 atom stereocenters. The molecule has 0 fully saturated rings. The maximum absolute atomic E-state index is 4.83. The van der Waals surface area contributed by atoms with Crippen molar-refractivity contribution in [1.82, 2.24) is 0 Å².